The van der Waals surface area contributed by atoms with Crippen LogP contribution in [0.25, 0.3) is 0 Å². The molecule has 0 heterocycles. The van der Waals surface area contributed by atoms with Gasteiger partial charge in [0.25, 0.3) is 0 Å². The first kappa shape index (κ1) is 16.0. The van der Waals surface area contributed by atoms with Crippen molar-refractivity contribution in [1.29, 1.82) is 0 Å². The molecule has 0 aliphatic rings. The maximum Gasteiger partial charge on any atom is 0.349 e. The SMILES string of the molecule is Cc1cc(OCC(=O)Oc2ccc(F)cc2)ccc1C(C)C. The minimum Gasteiger partial charge on any atom is -0.482 e. The van der Waals surface area contributed by atoms with Crippen LogP contribution in [-0.4, -0.2) is 12.6 Å². The van der Waals surface area contributed by atoms with Crippen molar-refractivity contribution in [3.63, 3.8) is 0 Å². The van der Waals surface area contributed by atoms with E-state index in [0.717, 1.165) is 5.56 Å². The van der Waals surface area contributed by atoms with Gasteiger partial charge in [-0.3, -0.25) is 0 Å². The maximum atomic E-state index is 12.8. The molecule has 0 aromatic heterocycles. The summed E-state index contributed by atoms with van der Waals surface area (Å²) in [7, 11) is 0. The fraction of sp³-hybridized carbons (Fsp3) is 0.278. The van der Waals surface area contributed by atoms with Crippen molar-refractivity contribution >= 4 is 5.97 Å². The molecule has 0 unspecified atom stereocenters. The lowest BCUT2D eigenvalue weighted by molar-refractivity contribution is -0.136. The third-order valence-electron chi connectivity index (χ3n) is 3.27. The van der Waals surface area contributed by atoms with Gasteiger partial charge in [-0.15, -0.1) is 0 Å². The molecule has 0 spiro atoms. The van der Waals surface area contributed by atoms with Crippen LogP contribution in [0, 0.1) is 12.7 Å². The molecule has 0 fully saturated rings. The molecule has 0 amide bonds. The van der Waals surface area contributed by atoms with Gasteiger partial charge in [0.15, 0.2) is 6.61 Å². The zero-order chi connectivity index (χ0) is 16.1. The molecule has 4 heteroatoms. The number of hydrogen-bond donors (Lipinski definition) is 0. The summed E-state index contributed by atoms with van der Waals surface area (Å²) in [6, 6.07) is 11.0. The molecule has 2 aromatic rings. The van der Waals surface area contributed by atoms with E-state index in [2.05, 4.69) is 13.8 Å². The number of carbonyl (C=O) groups excluding carboxylic acids is 1. The first-order chi connectivity index (χ1) is 10.5. The van der Waals surface area contributed by atoms with Crippen LogP contribution in [0.3, 0.4) is 0 Å². The Morgan fingerprint density at radius 3 is 2.32 bits per heavy atom. The van der Waals surface area contributed by atoms with E-state index in [0.29, 0.717) is 17.4 Å². The highest BCUT2D eigenvalue weighted by atomic mass is 19.1. The van der Waals surface area contributed by atoms with E-state index in [1.807, 2.05) is 25.1 Å². The lowest BCUT2D eigenvalue weighted by Gasteiger charge is -2.12. The van der Waals surface area contributed by atoms with Crippen LogP contribution < -0.4 is 9.47 Å². The van der Waals surface area contributed by atoms with E-state index < -0.39 is 5.97 Å². The quantitative estimate of drug-likeness (QED) is 0.612. The fourth-order valence-electron chi connectivity index (χ4n) is 2.19. The third kappa shape index (κ3) is 4.32. The highest BCUT2D eigenvalue weighted by molar-refractivity contribution is 5.73. The lowest BCUT2D eigenvalue weighted by atomic mass is 9.98. The Morgan fingerprint density at radius 2 is 1.73 bits per heavy atom. The van der Waals surface area contributed by atoms with E-state index in [9.17, 15) is 9.18 Å². The minimum atomic E-state index is -0.530. The Labute approximate surface area is 129 Å². The maximum absolute atomic E-state index is 12.8. The molecule has 0 N–H and O–H groups in total. The van der Waals surface area contributed by atoms with Crippen LogP contribution >= 0.6 is 0 Å². The van der Waals surface area contributed by atoms with Crippen LogP contribution in [-0.2, 0) is 4.79 Å². The van der Waals surface area contributed by atoms with Crippen LogP contribution in [0.4, 0.5) is 4.39 Å². The molecule has 0 saturated carbocycles. The van der Waals surface area contributed by atoms with E-state index in [1.165, 1.54) is 29.8 Å². The zero-order valence-corrected chi connectivity index (χ0v) is 12.9. The second kappa shape index (κ2) is 7.07. The van der Waals surface area contributed by atoms with Gasteiger partial charge in [0.05, 0.1) is 0 Å². The van der Waals surface area contributed by atoms with Crippen LogP contribution in [0.1, 0.15) is 30.9 Å². The molecule has 0 aliphatic carbocycles. The van der Waals surface area contributed by atoms with Gasteiger partial charge in [0.1, 0.15) is 17.3 Å². The number of hydrogen-bond acceptors (Lipinski definition) is 3. The predicted octanol–water partition coefficient (Wildman–Crippen LogP) is 4.24. The number of esters is 1. The summed E-state index contributed by atoms with van der Waals surface area (Å²) in [5, 5.41) is 0. The molecule has 0 bridgehead atoms. The molecule has 3 nitrogen and oxygen atoms in total. The van der Waals surface area contributed by atoms with Crippen molar-refractivity contribution in [2.75, 3.05) is 6.61 Å². The molecule has 116 valence electrons. The summed E-state index contributed by atoms with van der Waals surface area (Å²) in [6.45, 7) is 6.07. The normalized spacial score (nSPS) is 10.6. The van der Waals surface area contributed by atoms with Crippen LogP contribution in [0.15, 0.2) is 42.5 Å². The van der Waals surface area contributed by atoms with Crippen molar-refractivity contribution in [2.24, 2.45) is 0 Å². The van der Waals surface area contributed by atoms with E-state index in [4.69, 9.17) is 9.47 Å². The Balaban J connectivity index is 1.91. The second-order valence-electron chi connectivity index (χ2n) is 5.39. The van der Waals surface area contributed by atoms with Crippen molar-refractivity contribution in [1.82, 2.24) is 0 Å². The van der Waals surface area contributed by atoms with Gasteiger partial charge in [-0.2, -0.15) is 0 Å². The Hall–Kier alpha value is -2.36. The monoisotopic (exact) mass is 302 g/mol. The third-order valence-corrected chi connectivity index (χ3v) is 3.27. The van der Waals surface area contributed by atoms with Gasteiger partial charge in [0.2, 0.25) is 0 Å². The smallest absolute Gasteiger partial charge is 0.349 e. The first-order valence-electron chi connectivity index (χ1n) is 7.15. The van der Waals surface area contributed by atoms with Gasteiger partial charge in [-0.25, -0.2) is 9.18 Å². The molecule has 0 radical (unpaired) electrons. The average molecular weight is 302 g/mol. The predicted molar refractivity (Wildman–Crippen MR) is 82.8 cm³/mol. The van der Waals surface area contributed by atoms with E-state index >= 15 is 0 Å². The van der Waals surface area contributed by atoms with Gasteiger partial charge < -0.3 is 9.47 Å². The van der Waals surface area contributed by atoms with Gasteiger partial charge in [0, 0.05) is 0 Å². The van der Waals surface area contributed by atoms with Crippen LogP contribution in [0.2, 0.25) is 0 Å². The largest absolute Gasteiger partial charge is 0.482 e. The molecular weight excluding hydrogens is 283 g/mol. The lowest BCUT2D eigenvalue weighted by Crippen LogP contribution is -2.17. The minimum absolute atomic E-state index is 0.197. The fourth-order valence-corrected chi connectivity index (χ4v) is 2.19. The molecule has 2 aromatic carbocycles. The summed E-state index contributed by atoms with van der Waals surface area (Å²) in [5.74, 6) is 0.450. The highest BCUT2D eigenvalue weighted by Gasteiger charge is 2.08. The summed E-state index contributed by atoms with van der Waals surface area (Å²) in [6.07, 6.45) is 0. The molecule has 2 rings (SSSR count). The number of halogens is 1. The van der Waals surface area contributed by atoms with Gasteiger partial charge >= 0.3 is 5.97 Å². The van der Waals surface area contributed by atoms with Gasteiger partial charge in [-0.1, -0.05) is 19.9 Å². The molecule has 0 aliphatic heterocycles. The summed E-state index contributed by atoms with van der Waals surface area (Å²) in [4.78, 5) is 11.7. The second-order valence-corrected chi connectivity index (χ2v) is 5.39. The standard InChI is InChI=1S/C18H19FO3/c1-12(2)17-9-8-16(10-13(17)3)21-11-18(20)22-15-6-4-14(19)5-7-15/h4-10,12H,11H2,1-3H3. The molecular formula is C18H19FO3. The number of rotatable bonds is 5. The van der Waals surface area contributed by atoms with Crippen molar-refractivity contribution < 1.29 is 18.7 Å². The Bertz CT molecular complexity index is 648. The van der Waals surface area contributed by atoms with Crippen molar-refractivity contribution in [3.05, 3.63) is 59.4 Å². The number of benzene rings is 2. The Kier molecular flexibility index (Phi) is 5.15. The van der Waals surface area contributed by atoms with Gasteiger partial charge in [-0.05, 0) is 60.4 Å². The van der Waals surface area contributed by atoms with E-state index in [1.54, 1.807) is 0 Å². The average Bonchev–Trinajstić information content (AvgIpc) is 2.47. The summed E-state index contributed by atoms with van der Waals surface area (Å²) in [5.41, 5.74) is 2.38. The molecule has 0 saturated heterocycles. The Morgan fingerprint density at radius 1 is 1.09 bits per heavy atom. The first-order valence-corrected chi connectivity index (χ1v) is 7.15. The number of carbonyl (C=O) groups is 1. The molecule has 22 heavy (non-hydrogen) atoms. The van der Waals surface area contributed by atoms with E-state index in [-0.39, 0.29) is 12.4 Å². The van der Waals surface area contributed by atoms with Crippen LogP contribution in [0.5, 0.6) is 11.5 Å². The number of aryl methyl sites for hydroxylation is 1. The van der Waals surface area contributed by atoms with Crippen molar-refractivity contribution in [3.8, 4) is 11.5 Å². The van der Waals surface area contributed by atoms with Crippen molar-refractivity contribution in [2.45, 2.75) is 26.7 Å². The summed E-state index contributed by atoms with van der Waals surface area (Å²) < 4.78 is 23.2. The molecule has 0 atom stereocenters. The topological polar surface area (TPSA) is 35.5 Å². The summed E-state index contributed by atoms with van der Waals surface area (Å²) >= 11 is 0. The zero-order valence-electron chi connectivity index (χ0n) is 12.9. The highest BCUT2D eigenvalue weighted by Crippen LogP contribution is 2.23. The number of ether oxygens (including phenoxy) is 2.